The maximum absolute atomic E-state index is 10.6. The highest BCUT2D eigenvalue weighted by Gasteiger charge is 2.06. The van der Waals surface area contributed by atoms with Crippen molar-refractivity contribution in [3.63, 3.8) is 0 Å². The molecule has 0 fully saturated rings. The van der Waals surface area contributed by atoms with Crippen LogP contribution in [0.2, 0.25) is 0 Å². The lowest BCUT2D eigenvalue weighted by Crippen LogP contribution is -1.99. The molecule has 2 aromatic rings. The Labute approximate surface area is 127 Å². The van der Waals surface area contributed by atoms with Gasteiger partial charge in [-0.25, -0.2) is 0 Å². The van der Waals surface area contributed by atoms with Crippen molar-refractivity contribution in [3.05, 3.63) is 47.8 Å². The number of carboxylic acids is 2. The summed E-state index contributed by atoms with van der Waals surface area (Å²) in [5.74, 6) is -1.68. The van der Waals surface area contributed by atoms with Gasteiger partial charge in [0.15, 0.2) is 0 Å². The van der Waals surface area contributed by atoms with E-state index in [4.69, 9.17) is 10.2 Å². The Bertz CT molecular complexity index is 626. The van der Waals surface area contributed by atoms with Crippen molar-refractivity contribution in [3.8, 4) is 11.4 Å². The summed E-state index contributed by atoms with van der Waals surface area (Å²) in [6, 6.07) is 7.18. The standard InChI is InChI=1S/C16H16N2O4/c19-15(20)3-1-11-5-7-17-13(9-11)14-10-12(6-8-18-14)2-4-16(21)22/h5-10H,1-4H2,(H,19,20)(H,21,22). The minimum absolute atomic E-state index is 0.0650. The quantitative estimate of drug-likeness (QED) is 0.812. The van der Waals surface area contributed by atoms with E-state index in [2.05, 4.69) is 9.97 Å². The number of hydrogen-bond acceptors (Lipinski definition) is 4. The van der Waals surface area contributed by atoms with Crippen LogP contribution in [0.4, 0.5) is 0 Å². The Hall–Kier alpha value is -2.76. The molecule has 0 radical (unpaired) electrons. The maximum atomic E-state index is 10.6. The Kier molecular flexibility index (Phi) is 5.19. The van der Waals surface area contributed by atoms with Crippen molar-refractivity contribution in [2.45, 2.75) is 25.7 Å². The Balaban J connectivity index is 2.16. The summed E-state index contributed by atoms with van der Waals surface area (Å²) < 4.78 is 0. The largest absolute Gasteiger partial charge is 0.481 e. The van der Waals surface area contributed by atoms with Gasteiger partial charge in [0.25, 0.3) is 0 Å². The molecule has 0 aliphatic rings. The van der Waals surface area contributed by atoms with Crippen molar-refractivity contribution in [1.29, 1.82) is 0 Å². The average molecular weight is 300 g/mol. The molecular formula is C16H16N2O4. The molecular weight excluding hydrogens is 284 g/mol. The number of pyridine rings is 2. The molecule has 0 aromatic carbocycles. The zero-order valence-corrected chi connectivity index (χ0v) is 11.9. The van der Waals surface area contributed by atoms with E-state index in [0.29, 0.717) is 24.2 Å². The molecule has 0 amide bonds. The number of aliphatic carboxylic acids is 2. The lowest BCUT2D eigenvalue weighted by Gasteiger charge is -2.05. The van der Waals surface area contributed by atoms with Crippen LogP contribution in [0.3, 0.4) is 0 Å². The van der Waals surface area contributed by atoms with Crippen LogP contribution in [0.1, 0.15) is 24.0 Å². The van der Waals surface area contributed by atoms with E-state index >= 15 is 0 Å². The molecule has 0 saturated heterocycles. The summed E-state index contributed by atoms with van der Waals surface area (Å²) >= 11 is 0. The van der Waals surface area contributed by atoms with Crippen molar-refractivity contribution in [1.82, 2.24) is 9.97 Å². The van der Waals surface area contributed by atoms with E-state index < -0.39 is 11.9 Å². The summed E-state index contributed by atoms with van der Waals surface area (Å²) in [5, 5.41) is 17.5. The summed E-state index contributed by atoms with van der Waals surface area (Å²) in [6.45, 7) is 0. The van der Waals surface area contributed by atoms with E-state index in [1.165, 1.54) is 0 Å². The molecule has 0 aliphatic carbocycles. The molecule has 0 atom stereocenters. The van der Waals surface area contributed by atoms with Crippen molar-refractivity contribution in [2.24, 2.45) is 0 Å². The zero-order chi connectivity index (χ0) is 15.9. The Morgan fingerprint density at radius 2 is 1.23 bits per heavy atom. The molecule has 0 saturated carbocycles. The first-order valence-corrected chi connectivity index (χ1v) is 6.88. The minimum atomic E-state index is -0.841. The first kappa shape index (κ1) is 15.6. The Morgan fingerprint density at radius 1 is 0.818 bits per heavy atom. The molecule has 6 heteroatoms. The van der Waals surface area contributed by atoms with E-state index in [-0.39, 0.29) is 12.8 Å². The normalized spacial score (nSPS) is 10.4. The third-order valence-electron chi connectivity index (χ3n) is 3.17. The lowest BCUT2D eigenvalue weighted by molar-refractivity contribution is -0.138. The van der Waals surface area contributed by atoms with Gasteiger partial charge in [-0.15, -0.1) is 0 Å². The molecule has 22 heavy (non-hydrogen) atoms. The third-order valence-corrected chi connectivity index (χ3v) is 3.17. The van der Waals surface area contributed by atoms with Gasteiger partial charge >= 0.3 is 11.9 Å². The van der Waals surface area contributed by atoms with Gasteiger partial charge in [0.1, 0.15) is 0 Å². The van der Waals surface area contributed by atoms with E-state index in [1.807, 2.05) is 12.1 Å². The molecule has 2 N–H and O–H groups in total. The predicted octanol–water partition coefficient (Wildman–Crippen LogP) is 2.18. The van der Waals surface area contributed by atoms with Crippen LogP contribution in [0.15, 0.2) is 36.7 Å². The van der Waals surface area contributed by atoms with Gasteiger partial charge in [-0.1, -0.05) is 0 Å². The molecule has 2 heterocycles. The topological polar surface area (TPSA) is 100 Å². The maximum Gasteiger partial charge on any atom is 0.303 e. The molecule has 114 valence electrons. The molecule has 0 spiro atoms. The van der Waals surface area contributed by atoms with Crippen LogP contribution in [-0.2, 0) is 22.4 Å². The predicted molar refractivity (Wildman–Crippen MR) is 79.4 cm³/mol. The van der Waals surface area contributed by atoms with Crippen molar-refractivity contribution < 1.29 is 19.8 Å². The fourth-order valence-corrected chi connectivity index (χ4v) is 2.04. The molecule has 6 nitrogen and oxygen atoms in total. The third kappa shape index (κ3) is 4.66. The summed E-state index contributed by atoms with van der Waals surface area (Å²) in [6.07, 6.45) is 4.24. The van der Waals surface area contributed by atoms with Gasteiger partial charge in [0, 0.05) is 25.2 Å². The van der Waals surface area contributed by atoms with Gasteiger partial charge in [0.05, 0.1) is 11.4 Å². The first-order chi connectivity index (χ1) is 10.5. The first-order valence-electron chi connectivity index (χ1n) is 6.88. The second-order valence-corrected chi connectivity index (χ2v) is 4.89. The number of rotatable bonds is 7. The molecule has 2 aromatic heterocycles. The average Bonchev–Trinajstić information content (AvgIpc) is 2.51. The summed E-state index contributed by atoms with van der Waals surface area (Å²) in [7, 11) is 0. The van der Waals surface area contributed by atoms with Crippen molar-refractivity contribution in [2.75, 3.05) is 0 Å². The van der Waals surface area contributed by atoms with Crippen LogP contribution in [0.25, 0.3) is 11.4 Å². The van der Waals surface area contributed by atoms with Crippen LogP contribution < -0.4 is 0 Å². The fraction of sp³-hybridized carbons (Fsp3) is 0.250. The highest BCUT2D eigenvalue weighted by molar-refractivity contribution is 5.67. The van der Waals surface area contributed by atoms with E-state index in [1.54, 1.807) is 24.5 Å². The van der Waals surface area contributed by atoms with Gasteiger partial charge in [-0.3, -0.25) is 19.6 Å². The lowest BCUT2D eigenvalue weighted by atomic mass is 10.1. The number of aryl methyl sites for hydroxylation is 2. The van der Waals surface area contributed by atoms with Gasteiger partial charge in [0.2, 0.25) is 0 Å². The number of aromatic nitrogens is 2. The minimum Gasteiger partial charge on any atom is -0.481 e. The highest BCUT2D eigenvalue weighted by Crippen LogP contribution is 2.18. The number of carbonyl (C=O) groups is 2. The monoisotopic (exact) mass is 300 g/mol. The summed E-state index contributed by atoms with van der Waals surface area (Å²) in [5.41, 5.74) is 3.07. The fourth-order valence-electron chi connectivity index (χ4n) is 2.04. The van der Waals surface area contributed by atoms with Crippen molar-refractivity contribution >= 4 is 11.9 Å². The SMILES string of the molecule is O=C(O)CCc1ccnc(-c2cc(CCC(=O)O)ccn2)c1. The highest BCUT2D eigenvalue weighted by atomic mass is 16.4. The van der Waals surface area contributed by atoms with E-state index in [9.17, 15) is 9.59 Å². The van der Waals surface area contributed by atoms with Crippen LogP contribution in [0.5, 0.6) is 0 Å². The van der Waals surface area contributed by atoms with Gasteiger partial charge in [-0.05, 0) is 48.2 Å². The van der Waals surface area contributed by atoms with E-state index in [0.717, 1.165) is 11.1 Å². The summed E-state index contributed by atoms with van der Waals surface area (Å²) in [4.78, 5) is 29.7. The number of carboxylic acid groups (broad SMARTS) is 2. The second-order valence-electron chi connectivity index (χ2n) is 4.89. The molecule has 0 unspecified atom stereocenters. The molecule has 0 aliphatic heterocycles. The van der Waals surface area contributed by atoms with Gasteiger partial charge in [-0.2, -0.15) is 0 Å². The molecule has 2 rings (SSSR count). The van der Waals surface area contributed by atoms with Gasteiger partial charge < -0.3 is 10.2 Å². The second kappa shape index (κ2) is 7.31. The van der Waals surface area contributed by atoms with Crippen LogP contribution >= 0.6 is 0 Å². The molecule has 0 bridgehead atoms. The number of nitrogens with zero attached hydrogens (tertiary/aromatic N) is 2. The zero-order valence-electron chi connectivity index (χ0n) is 11.9. The van der Waals surface area contributed by atoms with Crippen LogP contribution in [-0.4, -0.2) is 32.1 Å². The Morgan fingerprint density at radius 3 is 1.59 bits per heavy atom. The van der Waals surface area contributed by atoms with Crippen LogP contribution in [0, 0.1) is 0 Å². The smallest absolute Gasteiger partial charge is 0.303 e. The number of hydrogen-bond donors (Lipinski definition) is 2.